The van der Waals surface area contributed by atoms with Crippen molar-refractivity contribution in [1.29, 1.82) is 0 Å². The van der Waals surface area contributed by atoms with Gasteiger partial charge in [0.15, 0.2) is 0 Å². The maximum atomic E-state index is 12.1. The molecule has 2 unspecified atom stereocenters. The lowest BCUT2D eigenvalue weighted by molar-refractivity contribution is -0.133. The first-order valence-corrected chi connectivity index (χ1v) is 6.85. The van der Waals surface area contributed by atoms with Crippen LogP contribution in [0.5, 0.6) is 0 Å². The van der Waals surface area contributed by atoms with E-state index in [0.717, 1.165) is 32.4 Å². The number of alkyl halides is 1. The summed E-state index contributed by atoms with van der Waals surface area (Å²) >= 11 is 3.65. The predicted octanol–water partition coefficient (Wildman–Crippen LogP) is 2.81. The van der Waals surface area contributed by atoms with Gasteiger partial charge in [0, 0.05) is 23.8 Å². The molecule has 15 heavy (non-hydrogen) atoms. The molecule has 1 saturated heterocycles. The van der Waals surface area contributed by atoms with Gasteiger partial charge in [-0.2, -0.15) is 0 Å². The molecule has 86 valence electrons. The molecule has 1 aliphatic carbocycles. The molecule has 0 N–H and O–H groups in total. The van der Waals surface area contributed by atoms with Crippen molar-refractivity contribution in [2.24, 2.45) is 11.3 Å². The molecule has 0 radical (unpaired) electrons. The minimum absolute atomic E-state index is 0.275. The fourth-order valence-electron chi connectivity index (χ4n) is 2.39. The first-order chi connectivity index (χ1) is 7.00. The molecule has 2 rings (SSSR count). The van der Waals surface area contributed by atoms with Gasteiger partial charge in [-0.05, 0) is 31.1 Å². The third-order valence-electron chi connectivity index (χ3n) is 3.78. The molecule has 1 aliphatic heterocycles. The van der Waals surface area contributed by atoms with Gasteiger partial charge in [-0.1, -0.05) is 29.8 Å². The van der Waals surface area contributed by atoms with Gasteiger partial charge in [0.05, 0.1) is 0 Å². The molecular formula is C12H20BrNO. The largest absolute Gasteiger partial charge is 0.342 e. The molecule has 2 atom stereocenters. The zero-order valence-corrected chi connectivity index (χ0v) is 11.2. The Balaban J connectivity index is 1.90. The summed E-state index contributed by atoms with van der Waals surface area (Å²) in [6.45, 7) is 6.30. The van der Waals surface area contributed by atoms with Gasteiger partial charge < -0.3 is 4.90 Å². The fourth-order valence-corrected chi connectivity index (χ4v) is 2.91. The second kappa shape index (κ2) is 4.08. The molecule has 1 saturated carbocycles. The number of halogens is 1. The zero-order valence-electron chi connectivity index (χ0n) is 9.63. The Bertz CT molecular complexity index is 264. The van der Waals surface area contributed by atoms with Crippen molar-refractivity contribution in [2.45, 2.75) is 44.4 Å². The van der Waals surface area contributed by atoms with Crippen LogP contribution in [0.25, 0.3) is 0 Å². The van der Waals surface area contributed by atoms with Crippen molar-refractivity contribution in [2.75, 3.05) is 13.1 Å². The first-order valence-electron chi connectivity index (χ1n) is 5.93. The van der Waals surface area contributed by atoms with Crippen molar-refractivity contribution >= 4 is 21.8 Å². The molecule has 1 amide bonds. The van der Waals surface area contributed by atoms with E-state index < -0.39 is 0 Å². The van der Waals surface area contributed by atoms with Crippen LogP contribution < -0.4 is 0 Å². The molecule has 3 heteroatoms. The maximum Gasteiger partial charge on any atom is 0.226 e. The van der Waals surface area contributed by atoms with Crippen molar-refractivity contribution in [3.63, 3.8) is 0 Å². The Morgan fingerprint density at radius 3 is 2.60 bits per heavy atom. The van der Waals surface area contributed by atoms with E-state index in [1.807, 2.05) is 0 Å². The van der Waals surface area contributed by atoms with Crippen LogP contribution in [0.1, 0.15) is 39.5 Å². The Labute approximate surface area is 101 Å². The van der Waals surface area contributed by atoms with Crippen molar-refractivity contribution in [3.8, 4) is 0 Å². The number of carbonyl (C=O) groups excluding carboxylic acids is 1. The summed E-state index contributed by atoms with van der Waals surface area (Å²) in [5.74, 6) is 0.714. The second-order valence-corrected chi connectivity index (χ2v) is 6.89. The molecule has 0 bridgehead atoms. The number of amides is 1. The number of nitrogens with zero attached hydrogens (tertiary/aromatic N) is 1. The molecule has 0 aromatic heterocycles. The summed E-state index contributed by atoms with van der Waals surface area (Å²) in [5, 5.41) is 0. The van der Waals surface area contributed by atoms with Crippen LogP contribution >= 0.6 is 15.9 Å². The Morgan fingerprint density at radius 1 is 1.33 bits per heavy atom. The number of rotatable bonds is 1. The zero-order chi connectivity index (χ0) is 11.1. The molecule has 0 spiro atoms. The van der Waals surface area contributed by atoms with Gasteiger partial charge in [0.25, 0.3) is 0 Å². The fraction of sp³-hybridized carbons (Fsp3) is 0.917. The Kier molecular flexibility index (Phi) is 3.11. The van der Waals surface area contributed by atoms with E-state index in [2.05, 4.69) is 34.7 Å². The SMILES string of the molecule is CC1(C)CC1C(=O)N1CCCC(Br)CC1. The number of carbonyl (C=O) groups is 1. The highest BCUT2D eigenvalue weighted by molar-refractivity contribution is 9.09. The number of hydrogen-bond acceptors (Lipinski definition) is 1. The van der Waals surface area contributed by atoms with E-state index in [-0.39, 0.29) is 5.41 Å². The van der Waals surface area contributed by atoms with E-state index in [0.29, 0.717) is 16.7 Å². The standard InChI is InChI=1S/C12H20BrNO/c1-12(2)8-10(12)11(15)14-6-3-4-9(13)5-7-14/h9-10H,3-8H2,1-2H3. The lowest BCUT2D eigenvalue weighted by atomic mass is 10.1. The smallest absolute Gasteiger partial charge is 0.226 e. The van der Waals surface area contributed by atoms with Gasteiger partial charge in [-0.3, -0.25) is 4.79 Å². The second-order valence-electron chi connectivity index (χ2n) is 5.60. The van der Waals surface area contributed by atoms with E-state index in [9.17, 15) is 4.79 Å². The average molecular weight is 274 g/mol. The van der Waals surface area contributed by atoms with Crippen LogP contribution in [0.4, 0.5) is 0 Å². The molecular weight excluding hydrogens is 254 g/mol. The van der Waals surface area contributed by atoms with Crippen LogP contribution in [0.3, 0.4) is 0 Å². The highest BCUT2D eigenvalue weighted by Gasteiger charge is 2.51. The monoisotopic (exact) mass is 273 g/mol. The van der Waals surface area contributed by atoms with Gasteiger partial charge in [-0.15, -0.1) is 0 Å². The molecule has 2 nitrogen and oxygen atoms in total. The molecule has 2 aliphatic rings. The number of hydrogen-bond donors (Lipinski definition) is 0. The Morgan fingerprint density at radius 2 is 2.00 bits per heavy atom. The van der Waals surface area contributed by atoms with E-state index in [1.54, 1.807) is 0 Å². The van der Waals surface area contributed by atoms with Crippen molar-refractivity contribution in [1.82, 2.24) is 4.90 Å². The van der Waals surface area contributed by atoms with E-state index in [1.165, 1.54) is 6.42 Å². The van der Waals surface area contributed by atoms with Crippen LogP contribution in [-0.4, -0.2) is 28.7 Å². The molecule has 2 fully saturated rings. The summed E-state index contributed by atoms with van der Waals surface area (Å²) in [7, 11) is 0. The van der Waals surface area contributed by atoms with Crippen LogP contribution in [0.15, 0.2) is 0 Å². The maximum absolute atomic E-state index is 12.1. The topological polar surface area (TPSA) is 20.3 Å². The van der Waals surface area contributed by atoms with Crippen LogP contribution in [0, 0.1) is 11.3 Å². The van der Waals surface area contributed by atoms with E-state index >= 15 is 0 Å². The summed E-state index contributed by atoms with van der Waals surface area (Å²) in [6.07, 6.45) is 4.55. The van der Waals surface area contributed by atoms with Gasteiger partial charge in [-0.25, -0.2) is 0 Å². The average Bonchev–Trinajstić information content (AvgIpc) is 2.84. The lowest BCUT2D eigenvalue weighted by Gasteiger charge is -2.21. The molecule has 0 aromatic rings. The summed E-state index contributed by atoms with van der Waals surface area (Å²) < 4.78 is 0. The van der Waals surface area contributed by atoms with Gasteiger partial charge in [0.2, 0.25) is 5.91 Å². The van der Waals surface area contributed by atoms with Crippen molar-refractivity contribution in [3.05, 3.63) is 0 Å². The lowest BCUT2D eigenvalue weighted by Crippen LogP contribution is -2.34. The normalized spacial score (nSPS) is 34.7. The first kappa shape index (κ1) is 11.4. The third-order valence-corrected chi connectivity index (χ3v) is 4.70. The summed E-state index contributed by atoms with van der Waals surface area (Å²) in [5.41, 5.74) is 0.275. The minimum atomic E-state index is 0.275. The van der Waals surface area contributed by atoms with Gasteiger partial charge in [0.1, 0.15) is 0 Å². The third kappa shape index (κ3) is 2.55. The predicted molar refractivity (Wildman–Crippen MR) is 65.0 cm³/mol. The van der Waals surface area contributed by atoms with Crippen molar-refractivity contribution < 1.29 is 4.79 Å². The van der Waals surface area contributed by atoms with Crippen LogP contribution in [-0.2, 0) is 4.79 Å². The highest BCUT2D eigenvalue weighted by Crippen LogP contribution is 2.52. The van der Waals surface area contributed by atoms with E-state index in [4.69, 9.17) is 0 Å². The highest BCUT2D eigenvalue weighted by atomic mass is 79.9. The van der Waals surface area contributed by atoms with Gasteiger partial charge >= 0.3 is 0 Å². The Hall–Kier alpha value is -0.0500. The minimum Gasteiger partial charge on any atom is -0.342 e. The quantitative estimate of drug-likeness (QED) is 0.673. The summed E-state index contributed by atoms with van der Waals surface area (Å²) in [6, 6.07) is 0. The molecule has 0 aromatic carbocycles. The molecule has 1 heterocycles. The van der Waals surface area contributed by atoms with Crippen LogP contribution in [0.2, 0.25) is 0 Å². The number of likely N-dealkylation sites (tertiary alicyclic amines) is 1. The summed E-state index contributed by atoms with van der Waals surface area (Å²) in [4.78, 5) is 14.8.